The summed E-state index contributed by atoms with van der Waals surface area (Å²) in [7, 11) is 0. The van der Waals surface area contributed by atoms with Crippen molar-refractivity contribution in [3.8, 4) is 23.0 Å². The molecule has 2 saturated heterocycles. The Bertz CT molecular complexity index is 1750. The predicted molar refractivity (Wildman–Crippen MR) is 194 cm³/mol. The molecule has 4 aliphatic heterocycles. The Morgan fingerprint density at radius 2 is 1.12 bits per heavy atom. The van der Waals surface area contributed by atoms with Crippen LogP contribution in [0, 0.1) is 0 Å². The van der Waals surface area contributed by atoms with E-state index in [1.54, 1.807) is 12.1 Å². The van der Waals surface area contributed by atoms with E-state index in [1.165, 1.54) is 0 Å². The standard InChI is InChI=1S/C38H42N4O6.2ClH/c1-3-15-41-17-13-35-29-21-5-7-25(43)31(29)47-33(35)23(9-11-37(35,45)27(41)19-21)39-40-24-10-12-38(46)28-20-22-6-8-26(44)32-30(22)36(38,34(24)48-32)14-18-42(28)16-4-2;;/h3-8,27-28,33-34,43-46H,1-2,9-20H2;2*1H/b39-23-,40-24+;;/t27-,28-,33-,34-,35+,36+,37-,38-;;/m1../s1. The maximum Gasteiger partial charge on any atom is 0.166 e. The molecular weight excluding hydrogens is 679 g/mol. The van der Waals surface area contributed by atoms with Crippen molar-refractivity contribution in [1.29, 1.82) is 0 Å². The first-order valence-corrected chi connectivity index (χ1v) is 17.5. The van der Waals surface area contributed by atoms with E-state index >= 15 is 0 Å². The molecule has 50 heavy (non-hydrogen) atoms. The van der Waals surface area contributed by atoms with E-state index in [0.717, 1.165) is 46.8 Å². The van der Waals surface area contributed by atoms with E-state index in [2.05, 4.69) is 23.0 Å². The minimum atomic E-state index is -1.06. The summed E-state index contributed by atoms with van der Waals surface area (Å²) in [6.07, 6.45) is 7.42. The van der Waals surface area contributed by atoms with Crippen molar-refractivity contribution in [2.45, 2.75) is 97.7 Å². The summed E-state index contributed by atoms with van der Waals surface area (Å²) in [5.74, 6) is 1.11. The fourth-order valence-corrected chi connectivity index (χ4v) is 12.0. The molecule has 10 rings (SSSR count). The third kappa shape index (κ3) is 3.75. The Kier molecular flexibility index (Phi) is 7.61. The number of nitrogens with zero attached hydrogens (tertiary/aromatic N) is 4. The van der Waals surface area contributed by atoms with Crippen molar-refractivity contribution in [2.24, 2.45) is 10.2 Å². The largest absolute Gasteiger partial charge is 0.504 e. The number of aliphatic hydroxyl groups is 2. The summed E-state index contributed by atoms with van der Waals surface area (Å²) >= 11 is 0. The lowest BCUT2D eigenvalue weighted by Gasteiger charge is -2.63. The molecule has 4 bridgehead atoms. The number of ether oxygens (including phenoxy) is 2. The number of rotatable bonds is 5. The number of phenols is 2. The second kappa shape index (κ2) is 11.2. The first kappa shape index (κ1) is 34.0. The summed E-state index contributed by atoms with van der Waals surface area (Å²) < 4.78 is 13.3. The fourth-order valence-electron chi connectivity index (χ4n) is 12.0. The van der Waals surface area contributed by atoms with Crippen molar-refractivity contribution in [3.63, 3.8) is 0 Å². The summed E-state index contributed by atoms with van der Waals surface area (Å²) in [5.41, 5.74) is 1.99. The first-order valence-electron chi connectivity index (χ1n) is 17.5. The second-order valence-electron chi connectivity index (χ2n) is 15.4. The van der Waals surface area contributed by atoms with Gasteiger partial charge in [0.2, 0.25) is 0 Å². The van der Waals surface area contributed by atoms with Crippen LogP contribution in [0.1, 0.15) is 60.8 Å². The van der Waals surface area contributed by atoms with Crippen molar-refractivity contribution in [1.82, 2.24) is 9.80 Å². The van der Waals surface area contributed by atoms with Crippen LogP contribution in [0.3, 0.4) is 0 Å². The van der Waals surface area contributed by atoms with Crippen LogP contribution in [0.15, 0.2) is 59.8 Å². The van der Waals surface area contributed by atoms with Gasteiger partial charge in [-0.1, -0.05) is 24.3 Å². The Hall–Kier alpha value is -3.12. The van der Waals surface area contributed by atoms with E-state index in [1.807, 2.05) is 24.3 Å². The van der Waals surface area contributed by atoms with E-state index in [-0.39, 0.29) is 48.4 Å². The molecule has 8 atom stereocenters. The normalized spacial score (nSPS) is 39.7. The van der Waals surface area contributed by atoms with Gasteiger partial charge in [0.25, 0.3) is 0 Å². The molecule has 4 aliphatic carbocycles. The zero-order valence-electron chi connectivity index (χ0n) is 27.9. The summed E-state index contributed by atoms with van der Waals surface area (Å²) in [5, 5.41) is 57.4. The van der Waals surface area contributed by atoms with Gasteiger partial charge in [0, 0.05) is 49.4 Å². The van der Waals surface area contributed by atoms with Crippen LogP contribution in [-0.4, -0.2) is 103 Å². The molecule has 4 fully saturated rings. The predicted octanol–water partition coefficient (Wildman–Crippen LogP) is 4.12. The van der Waals surface area contributed by atoms with Crippen LogP contribution >= 0.6 is 24.8 Å². The number of piperidine rings is 2. The topological polar surface area (TPSA) is 131 Å². The lowest BCUT2D eigenvalue weighted by molar-refractivity contribution is -0.164. The third-order valence-corrected chi connectivity index (χ3v) is 13.8. The summed E-state index contributed by atoms with van der Waals surface area (Å²) in [6.45, 7) is 10.9. The smallest absolute Gasteiger partial charge is 0.166 e. The molecule has 0 unspecified atom stereocenters. The van der Waals surface area contributed by atoms with Gasteiger partial charge in [-0.05, 0) is 74.6 Å². The number of hydrogen-bond acceptors (Lipinski definition) is 10. The van der Waals surface area contributed by atoms with Crippen molar-refractivity contribution in [2.75, 3.05) is 26.2 Å². The number of aromatic hydroxyl groups is 2. The van der Waals surface area contributed by atoms with Crippen LogP contribution < -0.4 is 9.47 Å². The molecule has 266 valence electrons. The molecule has 2 saturated carbocycles. The Labute approximate surface area is 304 Å². The highest BCUT2D eigenvalue weighted by molar-refractivity contribution is 5.98. The number of benzene rings is 2. The monoisotopic (exact) mass is 722 g/mol. The molecule has 4 N–H and O–H groups in total. The highest BCUT2D eigenvalue weighted by Crippen LogP contribution is 2.66. The zero-order chi connectivity index (χ0) is 32.8. The average Bonchev–Trinajstić information content (AvgIpc) is 3.61. The SMILES string of the molecule is C=CCN1CC[C@]23c4c5ccc(O)c4O[C@@H]2/C(=N\N=C2/CC[C@@]4(O)[C@H]6Cc7ccc(O)c8c7[C@@]4(CCN6CC=C)[C@@H]2O8)CC[C@@]3(O)[C@H]1C5.Cl.Cl. The van der Waals surface area contributed by atoms with Crippen LogP contribution in [0.4, 0.5) is 0 Å². The maximum atomic E-state index is 12.7. The van der Waals surface area contributed by atoms with Crippen LogP contribution in [-0.2, 0) is 23.7 Å². The van der Waals surface area contributed by atoms with E-state index in [4.69, 9.17) is 19.7 Å². The summed E-state index contributed by atoms with van der Waals surface area (Å²) in [6, 6.07) is 7.18. The zero-order valence-corrected chi connectivity index (χ0v) is 29.5. The molecule has 2 spiro atoms. The van der Waals surface area contributed by atoms with Crippen molar-refractivity contribution < 1.29 is 29.9 Å². The molecule has 2 aromatic carbocycles. The second-order valence-corrected chi connectivity index (χ2v) is 15.4. The Morgan fingerprint density at radius 3 is 1.52 bits per heavy atom. The third-order valence-electron chi connectivity index (χ3n) is 13.8. The lowest BCUT2D eigenvalue weighted by atomic mass is 9.48. The molecule has 0 aromatic heterocycles. The average molecular weight is 724 g/mol. The van der Waals surface area contributed by atoms with Gasteiger partial charge in [0.05, 0.1) is 33.5 Å². The van der Waals surface area contributed by atoms with Crippen LogP contribution in [0.2, 0.25) is 0 Å². The Balaban J connectivity index is 0.00000180. The van der Waals surface area contributed by atoms with Crippen molar-refractivity contribution in [3.05, 3.63) is 71.8 Å². The van der Waals surface area contributed by atoms with Crippen molar-refractivity contribution >= 4 is 36.2 Å². The highest BCUT2D eigenvalue weighted by atomic mass is 35.5. The number of phenolic OH excluding ortho intramolecular Hbond substituents is 2. The number of hydrogen-bond donors (Lipinski definition) is 4. The number of halogens is 2. The van der Waals surface area contributed by atoms with Gasteiger partial charge in [-0.3, -0.25) is 9.80 Å². The maximum absolute atomic E-state index is 12.7. The molecule has 12 heteroatoms. The molecular formula is C38H44Cl2N4O6. The molecule has 2 aromatic rings. The van der Waals surface area contributed by atoms with Gasteiger partial charge in [0.1, 0.15) is 0 Å². The summed E-state index contributed by atoms with van der Waals surface area (Å²) in [4.78, 5) is 4.68. The highest BCUT2D eigenvalue weighted by Gasteiger charge is 2.74. The van der Waals surface area contributed by atoms with Gasteiger partial charge >= 0.3 is 0 Å². The molecule has 10 nitrogen and oxygen atoms in total. The molecule has 4 heterocycles. The van der Waals surface area contributed by atoms with Crippen LogP contribution in [0.5, 0.6) is 23.0 Å². The molecule has 8 aliphatic rings. The van der Waals surface area contributed by atoms with E-state index in [9.17, 15) is 20.4 Å². The van der Waals surface area contributed by atoms with Gasteiger partial charge in [-0.2, -0.15) is 10.2 Å². The van der Waals surface area contributed by atoms with E-state index < -0.39 is 34.2 Å². The lowest BCUT2D eigenvalue weighted by Crippen LogP contribution is -2.76. The van der Waals surface area contributed by atoms with E-state index in [0.29, 0.717) is 76.0 Å². The first-order chi connectivity index (χ1) is 23.2. The minimum Gasteiger partial charge on any atom is -0.504 e. The van der Waals surface area contributed by atoms with Gasteiger partial charge in [0.15, 0.2) is 35.2 Å². The molecule has 0 radical (unpaired) electrons. The van der Waals surface area contributed by atoms with Crippen LogP contribution in [0.25, 0.3) is 0 Å². The van der Waals surface area contributed by atoms with Gasteiger partial charge in [-0.25, -0.2) is 0 Å². The van der Waals surface area contributed by atoms with Gasteiger partial charge in [-0.15, -0.1) is 38.0 Å². The number of likely N-dealkylation sites (tertiary alicyclic amines) is 2. The Morgan fingerprint density at radius 1 is 0.700 bits per heavy atom. The molecule has 0 amide bonds. The minimum absolute atomic E-state index is 0. The fraction of sp³-hybridized carbons (Fsp3) is 0.526. The quantitative estimate of drug-likeness (QED) is 0.268. The van der Waals surface area contributed by atoms with Gasteiger partial charge < -0.3 is 29.9 Å².